The van der Waals surface area contributed by atoms with Gasteiger partial charge in [0, 0.05) is 30.5 Å². The molecule has 8 nitrogen and oxygen atoms in total. The zero-order chi connectivity index (χ0) is 18.3. The van der Waals surface area contributed by atoms with E-state index >= 15 is 0 Å². The molecule has 5 N–H and O–H groups in total. The first-order valence-electron chi connectivity index (χ1n) is 7.55. The maximum absolute atomic E-state index is 11.3. The molecule has 2 rings (SSSR count). The maximum atomic E-state index is 11.3. The van der Waals surface area contributed by atoms with Crippen molar-refractivity contribution in [2.75, 3.05) is 30.0 Å². The van der Waals surface area contributed by atoms with Gasteiger partial charge in [0.2, 0.25) is 10.0 Å². The van der Waals surface area contributed by atoms with Gasteiger partial charge in [-0.25, -0.2) is 23.5 Å². The lowest BCUT2D eigenvalue weighted by Gasteiger charge is -2.11. The highest BCUT2D eigenvalue weighted by molar-refractivity contribution is 7.98. The summed E-state index contributed by atoms with van der Waals surface area (Å²) in [6.45, 7) is 1.14. The standard InChI is InChI=1S/C15H21N5O3S2/c1-24-15-19-9-11(10-21)14(20-15)18-7-3-6-17-12-4-2-5-13(8-12)25(16,22)23/h2,4-5,8-9,17,21H,3,6-7,10H2,1H3,(H2,16,22,23)(H,18,19,20). The van der Waals surface area contributed by atoms with Crippen LogP contribution in [0.15, 0.2) is 40.5 Å². The van der Waals surface area contributed by atoms with E-state index in [1.165, 1.54) is 23.9 Å². The Hall–Kier alpha value is -1.88. The van der Waals surface area contributed by atoms with Gasteiger partial charge < -0.3 is 15.7 Å². The summed E-state index contributed by atoms with van der Waals surface area (Å²) in [7, 11) is -3.70. The second kappa shape index (κ2) is 8.99. The van der Waals surface area contributed by atoms with E-state index in [-0.39, 0.29) is 11.5 Å². The molecule has 0 radical (unpaired) electrons. The van der Waals surface area contributed by atoms with Crippen molar-refractivity contribution in [2.45, 2.75) is 23.1 Å². The normalized spacial score (nSPS) is 11.3. The summed E-state index contributed by atoms with van der Waals surface area (Å²) in [5, 5.41) is 21.4. The molecule has 0 saturated carbocycles. The summed E-state index contributed by atoms with van der Waals surface area (Å²) in [6.07, 6.45) is 4.26. The van der Waals surface area contributed by atoms with Crippen LogP contribution in [0.3, 0.4) is 0 Å². The number of aromatic nitrogens is 2. The number of sulfonamides is 1. The molecule has 0 aliphatic rings. The SMILES string of the molecule is CSc1ncc(CO)c(NCCCNc2cccc(S(N)(=O)=O)c2)n1. The third kappa shape index (κ3) is 5.85. The molecule has 0 aliphatic heterocycles. The van der Waals surface area contributed by atoms with Crippen LogP contribution < -0.4 is 15.8 Å². The number of hydrogen-bond donors (Lipinski definition) is 4. The topological polar surface area (TPSA) is 130 Å². The molecule has 2 aromatic rings. The fourth-order valence-corrected chi connectivity index (χ4v) is 2.97. The van der Waals surface area contributed by atoms with Crippen LogP contribution in [0.5, 0.6) is 0 Å². The molecular formula is C15H21N5O3S2. The molecule has 1 aromatic carbocycles. The second-order valence-corrected chi connectivity index (χ2v) is 7.50. The van der Waals surface area contributed by atoms with Gasteiger partial charge in [0.1, 0.15) is 5.82 Å². The Bertz CT molecular complexity index is 815. The summed E-state index contributed by atoms with van der Waals surface area (Å²) in [6, 6.07) is 6.37. The highest BCUT2D eigenvalue weighted by atomic mass is 32.2. The molecule has 10 heteroatoms. The lowest BCUT2D eigenvalue weighted by Crippen LogP contribution is -2.14. The zero-order valence-corrected chi connectivity index (χ0v) is 15.4. The first kappa shape index (κ1) is 19.4. The Labute approximate surface area is 151 Å². The van der Waals surface area contributed by atoms with Gasteiger partial charge in [-0.15, -0.1) is 0 Å². The number of nitrogens with one attached hydrogen (secondary N) is 2. The number of benzene rings is 1. The van der Waals surface area contributed by atoms with Crippen molar-refractivity contribution in [1.29, 1.82) is 0 Å². The highest BCUT2D eigenvalue weighted by Gasteiger charge is 2.08. The largest absolute Gasteiger partial charge is 0.391 e. The van der Waals surface area contributed by atoms with Crippen LogP contribution in [0.1, 0.15) is 12.0 Å². The van der Waals surface area contributed by atoms with Crippen LogP contribution in [0.25, 0.3) is 0 Å². The molecule has 0 spiro atoms. The summed E-state index contributed by atoms with van der Waals surface area (Å²) in [5.74, 6) is 0.623. The molecule has 1 aromatic heterocycles. The van der Waals surface area contributed by atoms with E-state index in [1.807, 2.05) is 6.26 Å². The number of nitrogens with two attached hydrogens (primary N) is 1. The fraction of sp³-hybridized carbons (Fsp3) is 0.333. The van der Waals surface area contributed by atoms with Crippen LogP contribution in [0.2, 0.25) is 0 Å². The van der Waals surface area contributed by atoms with Gasteiger partial charge in [-0.05, 0) is 30.9 Å². The van der Waals surface area contributed by atoms with Crippen LogP contribution in [0.4, 0.5) is 11.5 Å². The molecule has 136 valence electrons. The van der Waals surface area contributed by atoms with Crippen LogP contribution in [0, 0.1) is 0 Å². The minimum absolute atomic E-state index is 0.0776. The highest BCUT2D eigenvalue weighted by Crippen LogP contribution is 2.17. The Morgan fingerprint density at radius 3 is 2.72 bits per heavy atom. The van der Waals surface area contributed by atoms with Gasteiger partial charge in [-0.3, -0.25) is 0 Å². The van der Waals surface area contributed by atoms with Gasteiger partial charge in [-0.1, -0.05) is 17.8 Å². The van der Waals surface area contributed by atoms with E-state index < -0.39 is 10.0 Å². The number of hydrogen-bond acceptors (Lipinski definition) is 8. The van der Waals surface area contributed by atoms with Crippen molar-refractivity contribution in [3.05, 3.63) is 36.0 Å². The van der Waals surface area contributed by atoms with E-state index in [9.17, 15) is 13.5 Å². The number of primary sulfonamides is 1. The van der Waals surface area contributed by atoms with Gasteiger partial charge in [-0.2, -0.15) is 0 Å². The first-order valence-corrected chi connectivity index (χ1v) is 10.3. The molecule has 1 heterocycles. The monoisotopic (exact) mass is 383 g/mol. The van der Waals surface area contributed by atoms with Crippen molar-refractivity contribution in [3.63, 3.8) is 0 Å². The minimum atomic E-state index is -3.70. The average Bonchev–Trinajstić information content (AvgIpc) is 2.60. The van der Waals surface area contributed by atoms with Crippen LogP contribution in [-0.4, -0.2) is 42.8 Å². The van der Waals surface area contributed by atoms with Crippen LogP contribution in [-0.2, 0) is 16.6 Å². The van der Waals surface area contributed by atoms with E-state index in [0.29, 0.717) is 35.3 Å². The van der Waals surface area contributed by atoms with Crippen molar-refractivity contribution in [3.8, 4) is 0 Å². The quantitative estimate of drug-likeness (QED) is 0.289. The number of aliphatic hydroxyl groups excluding tert-OH is 1. The number of rotatable bonds is 9. The Morgan fingerprint density at radius 1 is 1.28 bits per heavy atom. The maximum Gasteiger partial charge on any atom is 0.238 e. The Morgan fingerprint density at radius 2 is 2.04 bits per heavy atom. The predicted molar refractivity (Wildman–Crippen MR) is 99.1 cm³/mol. The molecule has 0 amide bonds. The lowest BCUT2D eigenvalue weighted by molar-refractivity contribution is 0.281. The van der Waals surface area contributed by atoms with Crippen molar-refractivity contribution in [1.82, 2.24) is 9.97 Å². The number of thioether (sulfide) groups is 1. The predicted octanol–water partition coefficient (Wildman–Crippen LogP) is 1.25. The van der Waals surface area contributed by atoms with E-state index in [4.69, 9.17) is 5.14 Å². The first-order chi connectivity index (χ1) is 11.9. The number of anilines is 2. The minimum Gasteiger partial charge on any atom is -0.391 e. The Kier molecular flexibility index (Phi) is 7.00. The smallest absolute Gasteiger partial charge is 0.238 e. The fourth-order valence-electron chi connectivity index (χ4n) is 2.07. The third-order valence-corrected chi connectivity index (χ3v) is 4.81. The molecule has 25 heavy (non-hydrogen) atoms. The third-order valence-electron chi connectivity index (χ3n) is 3.33. The molecule has 0 aliphatic carbocycles. The van der Waals surface area contributed by atoms with Gasteiger partial charge in [0.25, 0.3) is 0 Å². The van der Waals surface area contributed by atoms with Gasteiger partial charge >= 0.3 is 0 Å². The molecule has 0 atom stereocenters. The second-order valence-electron chi connectivity index (χ2n) is 5.17. The molecular weight excluding hydrogens is 362 g/mol. The van der Waals surface area contributed by atoms with E-state index in [0.717, 1.165) is 6.42 Å². The molecule has 0 unspecified atom stereocenters. The Balaban J connectivity index is 1.84. The lowest BCUT2D eigenvalue weighted by atomic mass is 10.3. The molecule has 0 fully saturated rings. The van der Waals surface area contributed by atoms with Crippen molar-refractivity contribution < 1.29 is 13.5 Å². The van der Waals surface area contributed by atoms with Crippen molar-refractivity contribution in [2.24, 2.45) is 5.14 Å². The van der Waals surface area contributed by atoms with Gasteiger partial charge in [0.15, 0.2) is 5.16 Å². The average molecular weight is 383 g/mol. The zero-order valence-electron chi connectivity index (χ0n) is 13.8. The molecule has 0 bridgehead atoms. The van der Waals surface area contributed by atoms with E-state index in [2.05, 4.69) is 20.6 Å². The summed E-state index contributed by atoms with van der Waals surface area (Å²) < 4.78 is 22.7. The summed E-state index contributed by atoms with van der Waals surface area (Å²) in [4.78, 5) is 8.53. The van der Waals surface area contributed by atoms with Gasteiger partial charge in [0.05, 0.1) is 11.5 Å². The van der Waals surface area contributed by atoms with Crippen molar-refractivity contribution >= 4 is 33.3 Å². The van der Waals surface area contributed by atoms with Crippen LogP contribution >= 0.6 is 11.8 Å². The number of aliphatic hydroxyl groups is 1. The summed E-state index contributed by atoms with van der Waals surface area (Å²) >= 11 is 1.43. The number of nitrogens with zero attached hydrogens (tertiary/aromatic N) is 2. The van der Waals surface area contributed by atoms with E-state index in [1.54, 1.807) is 18.3 Å². The summed E-state index contributed by atoms with van der Waals surface area (Å²) in [5.41, 5.74) is 1.33. The molecule has 0 saturated heterocycles.